The Morgan fingerprint density at radius 3 is 2.24 bits per heavy atom. The highest BCUT2D eigenvalue weighted by atomic mass is 79.9. The van der Waals surface area contributed by atoms with E-state index in [1.165, 1.54) is 19.2 Å². The zero-order valence-corrected chi connectivity index (χ0v) is 13.5. The van der Waals surface area contributed by atoms with Crippen molar-refractivity contribution in [1.29, 1.82) is 0 Å². The lowest BCUT2D eigenvalue weighted by Gasteiger charge is -2.08. The van der Waals surface area contributed by atoms with E-state index in [9.17, 15) is 13.2 Å². The molecule has 0 radical (unpaired) electrons. The minimum atomic E-state index is -3.47. The van der Waals surface area contributed by atoms with Crippen molar-refractivity contribution in [2.75, 3.05) is 12.4 Å². The van der Waals surface area contributed by atoms with Crippen LogP contribution in [0.4, 0.5) is 5.69 Å². The molecule has 0 aliphatic rings. The second kappa shape index (κ2) is 6.38. The van der Waals surface area contributed by atoms with Gasteiger partial charge in [-0.2, -0.15) is 0 Å². The summed E-state index contributed by atoms with van der Waals surface area (Å²) in [6.45, 7) is 0. The van der Waals surface area contributed by atoms with Crippen molar-refractivity contribution >= 4 is 37.5 Å². The largest absolute Gasteiger partial charge is 0.322 e. The average molecular weight is 369 g/mol. The number of rotatable bonds is 4. The minimum Gasteiger partial charge on any atom is -0.322 e. The van der Waals surface area contributed by atoms with Crippen molar-refractivity contribution in [2.24, 2.45) is 0 Å². The number of hydrogen-bond acceptors (Lipinski definition) is 3. The van der Waals surface area contributed by atoms with Crippen molar-refractivity contribution in [2.45, 2.75) is 4.90 Å². The zero-order valence-electron chi connectivity index (χ0n) is 11.1. The number of halogens is 1. The first-order chi connectivity index (χ1) is 9.94. The SMILES string of the molecule is CNS(=O)(=O)c1ccc(NC(=O)c2ccccc2Br)cc1. The molecule has 0 saturated carbocycles. The zero-order chi connectivity index (χ0) is 15.5. The number of sulfonamides is 1. The summed E-state index contributed by atoms with van der Waals surface area (Å²) in [5.74, 6) is -0.272. The Hall–Kier alpha value is -1.70. The van der Waals surface area contributed by atoms with Crippen LogP contribution in [0.15, 0.2) is 57.9 Å². The molecule has 0 unspecified atom stereocenters. The molecule has 0 heterocycles. The molecule has 0 fully saturated rings. The number of hydrogen-bond donors (Lipinski definition) is 2. The van der Waals surface area contributed by atoms with Gasteiger partial charge in [0.25, 0.3) is 5.91 Å². The lowest BCUT2D eigenvalue weighted by Crippen LogP contribution is -2.18. The van der Waals surface area contributed by atoms with Crippen LogP contribution in [0.5, 0.6) is 0 Å². The van der Waals surface area contributed by atoms with Gasteiger partial charge in [-0.3, -0.25) is 4.79 Å². The first-order valence-electron chi connectivity index (χ1n) is 6.03. The first kappa shape index (κ1) is 15.7. The van der Waals surface area contributed by atoms with E-state index in [1.807, 2.05) is 6.07 Å². The monoisotopic (exact) mass is 368 g/mol. The molecule has 0 aromatic heterocycles. The molecule has 2 aromatic rings. The van der Waals surface area contributed by atoms with Crippen molar-refractivity contribution in [3.05, 3.63) is 58.6 Å². The summed E-state index contributed by atoms with van der Waals surface area (Å²) in [5, 5.41) is 2.71. The molecule has 2 rings (SSSR count). The van der Waals surface area contributed by atoms with Crippen LogP contribution < -0.4 is 10.0 Å². The summed E-state index contributed by atoms with van der Waals surface area (Å²) in [6, 6.07) is 13.0. The van der Waals surface area contributed by atoms with Crippen LogP contribution in [0.3, 0.4) is 0 Å². The molecule has 7 heteroatoms. The molecule has 0 aliphatic carbocycles. The van der Waals surface area contributed by atoms with Crippen LogP contribution in [-0.4, -0.2) is 21.4 Å². The number of nitrogens with one attached hydrogen (secondary N) is 2. The number of carbonyl (C=O) groups excluding carboxylic acids is 1. The minimum absolute atomic E-state index is 0.142. The van der Waals surface area contributed by atoms with Crippen LogP contribution >= 0.6 is 15.9 Å². The Kier molecular flexibility index (Phi) is 4.76. The standard InChI is InChI=1S/C14H13BrN2O3S/c1-16-21(19,20)11-8-6-10(7-9-11)17-14(18)12-4-2-3-5-13(12)15/h2-9,16H,1H3,(H,17,18). The summed E-state index contributed by atoms with van der Waals surface area (Å²) < 4.78 is 26.1. The van der Waals surface area contributed by atoms with Gasteiger partial charge in [-0.05, 0) is 59.4 Å². The Balaban J connectivity index is 2.18. The van der Waals surface area contributed by atoms with E-state index < -0.39 is 10.0 Å². The maximum Gasteiger partial charge on any atom is 0.256 e. The molecule has 0 spiro atoms. The fraction of sp³-hybridized carbons (Fsp3) is 0.0714. The third kappa shape index (κ3) is 3.69. The normalized spacial score (nSPS) is 11.1. The van der Waals surface area contributed by atoms with E-state index in [2.05, 4.69) is 26.0 Å². The van der Waals surface area contributed by atoms with Gasteiger partial charge in [-0.1, -0.05) is 12.1 Å². The molecular formula is C14H13BrN2O3S. The second-order valence-corrected chi connectivity index (χ2v) is 6.91. The molecule has 5 nitrogen and oxygen atoms in total. The topological polar surface area (TPSA) is 75.3 Å². The smallest absolute Gasteiger partial charge is 0.256 e. The first-order valence-corrected chi connectivity index (χ1v) is 8.31. The summed E-state index contributed by atoms with van der Waals surface area (Å²) in [6.07, 6.45) is 0. The third-order valence-corrected chi connectivity index (χ3v) is 4.93. The van der Waals surface area contributed by atoms with E-state index in [0.717, 1.165) is 0 Å². The van der Waals surface area contributed by atoms with E-state index in [-0.39, 0.29) is 10.8 Å². The molecule has 1 amide bonds. The Morgan fingerprint density at radius 1 is 1.05 bits per heavy atom. The van der Waals surface area contributed by atoms with Crippen LogP contribution in [0.2, 0.25) is 0 Å². The summed E-state index contributed by atoms with van der Waals surface area (Å²) in [4.78, 5) is 12.2. The lowest BCUT2D eigenvalue weighted by molar-refractivity contribution is 0.102. The van der Waals surface area contributed by atoms with Crippen molar-refractivity contribution < 1.29 is 13.2 Å². The lowest BCUT2D eigenvalue weighted by atomic mass is 10.2. The fourth-order valence-electron chi connectivity index (χ4n) is 1.68. The molecule has 2 aromatic carbocycles. The van der Waals surface area contributed by atoms with E-state index in [0.29, 0.717) is 15.7 Å². The van der Waals surface area contributed by atoms with Gasteiger partial charge in [0, 0.05) is 10.2 Å². The van der Waals surface area contributed by atoms with Gasteiger partial charge in [-0.15, -0.1) is 0 Å². The molecule has 0 bridgehead atoms. The van der Waals surface area contributed by atoms with Gasteiger partial charge in [0.05, 0.1) is 10.5 Å². The van der Waals surface area contributed by atoms with Crippen molar-refractivity contribution in [3.63, 3.8) is 0 Å². The van der Waals surface area contributed by atoms with Gasteiger partial charge in [0.2, 0.25) is 10.0 Å². The van der Waals surface area contributed by atoms with Gasteiger partial charge in [-0.25, -0.2) is 13.1 Å². The Morgan fingerprint density at radius 2 is 1.67 bits per heavy atom. The number of anilines is 1. The highest BCUT2D eigenvalue weighted by Crippen LogP contribution is 2.19. The summed E-state index contributed by atoms with van der Waals surface area (Å²) >= 11 is 3.31. The average Bonchev–Trinajstić information content (AvgIpc) is 2.48. The quantitative estimate of drug-likeness (QED) is 0.870. The maximum atomic E-state index is 12.1. The highest BCUT2D eigenvalue weighted by molar-refractivity contribution is 9.10. The Labute approximate surface area is 131 Å². The van der Waals surface area contributed by atoms with Crippen molar-refractivity contribution in [3.8, 4) is 0 Å². The van der Waals surface area contributed by atoms with Gasteiger partial charge < -0.3 is 5.32 Å². The molecule has 21 heavy (non-hydrogen) atoms. The van der Waals surface area contributed by atoms with Crippen LogP contribution in [-0.2, 0) is 10.0 Å². The van der Waals surface area contributed by atoms with E-state index in [4.69, 9.17) is 0 Å². The molecule has 0 aliphatic heterocycles. The Bertz CT molecular complexity index is 758. The molecule has 2 N–H and O–H groups in total. The van der Waals surface area contributed by atoms with Crippen LogP contribution in [0.25, 0.3) is 0 Å². The van der Waals surface area contributed by atoms with Crippen molar-refractivity contribution in [1.82, 2.24) is 4.72 Å². The van der Waals surface area contributed by atoms with E-state index >= 15 is 0 Å². The summed E-state index contributed by atoms with van der Waals surface area (Å²) in [5.41, 5.74) is 1.02. The number of benzene rings is 2. The van der Waals surface area contributed by atoms with Crippen LogP contribution in [0.1, 0.15) is 10.4 Å². The third-order valence-electron chi connectivity index (χ3n) is 2.81. The number of carbonyl (C=O) groups is 1. The molecule has 110 valence electrons. The van der Waals surface area contributed by atoms with E-state index in [1.54, 1.807) is 30.3 Å². The van der Waals surface area contributed by atoms with Crippen LogP contribution in [0, 0.1) is 0 Å². The fourth-order valence-corrected chi connectivity index (χ4v) is 2.87. The van der Waals surface area contributed by atoms with Gasteiger partial charge in [0.15, 0.2) is 0 Å². The maximum absolute atomic E-state index is 12.1. The predicted molar refractivity (Wildman–Crippen MR) is 84.8 cm³/mol. The molecular weight excluding hydrogens is 356 g/mol. The molecule has 0 saturated heterocycles. The van der Waals surface area contributed by atoms with Gasteiger partial charge in [0.1, 0.15) is 0 Å². The highest BCUT2D eigenvalue weighted by Gasteiger charge is 2.12. The molecule has 0 atom stereocenters. The second-order valence-electron chi connectivity index (χ2n) is 4.17. The summed E-state index contributed by atoms with van der Waals surface area (Å²) in [7, 11) is -2.13. The predicted octanol–water partition coefficient (Wildman–Crippen LogP) is 2.61. The number of amides is 1. The van der Waals surface area contributed by atoms with Gasteiger partial charge >= 0.3 is 0 Å².